The third kappa shape index (κ3) is 7.22. The first kappa shape index (κ1) is 29.1. The Labute approximate surface area is 238 Å². The first-order valence-corrected chi connectivity index (χ1v) is 15.3. The van der Waals surface area contributed by atoms with Gasteiger partial charge in [-0.2, -0.15) is 0 Å². The molecule has 1 amide bonds. The molecule has 1 aliphatic rings. The van der Waals surface area contributed by atoms with Crippen LogP contribution >= 0.6 is 23.1 Å². The summed E-state index contributed by atoms with van der Waals surface area (Å²) in [6.07, 6.45) is 3.67. The number of thioether (sulfide) groups is 1. The molecule has 0 fully saturated rings. The lowest BCUT2D eigenvalue weighted by molar-refractivity contribution is -0.113. The third-order valence-corrected chi connectivity index (χ3v) is 8.68. The second kappa shape index (κ2) is 12.6. The van der Waals surface area contributed by atoms with Crippen LogP contribution in [0.2, 0.25) is 0 Å². The molecular weight excluding hydrogens is 532 g/mol. The highest BCUT2D eigenvalue weighted by molar-refractivity contribution is 7.99. The van der Waals surface area contributed by atoms with Crippen LogP contribution in [0.5, 0.6) is 5.75 Å². The molecule has 8 nitrogen and oxygen atoms in total. The number of nitrogens with one attached hydrogen (secondary N) is 1. The van der Waals surface area contributed by atoms with Gasteiger partial charge in [0.1, 0.15) is 17.4 Å². The molecular formula is C29H38N4O4S2. The predicted molar refractivity (Wildman–Crippen MR) is 156 cm³/mol. The largest absolute Gasteiger partial charge is 0.486 e. The number of nitrogens with zero attached hydrogens (tertiary/aromatic N) is 3. The van der Waals surface area contributed by atoms with Gasteiger partial charge in [-0.15, -0.1) is 21.5 Å². The summed E-state index contributed by atoms with van der Waals surface area (Å²) in [6, 6.07) is 8.11. The number of rotatable bonds is 10. The van der Waals surface area contributed by atoms with E-state index in [0.29, 0.717) is 28.1 Å². The fourth-order valence-electron chi connectivity index (χ4n) is 4.48. The van der Waals surface area contributed by atoms with Gasteiger partial charge in [0.15, 0.2) is 11.0 Å². The van der Waals surface area contributed by atoms with E-state index >= 15 is 0 Å². The molecule has 10 heteroatoms. The first-order chi connectivity index (χ1) is 18.6. The molecule has 4 rings (SSSR count). The number of amides is 1. The molecule has 0 saturated carbocycles. The quantitative estimate of drug-likeness (QED) is 0.222. The van der Waals surface area contributed by atoms with E-state index in [-0.39, 0.29) is 35.8 Å². The monoisotopic (exact) mass is 570 g/mol. The molecule has 0 atom stereocenters. The minimum absolute atomic E-state index is 0.0845. The van der Waals surface area contributed by atoms with Crippen molar-refractivity contribution in [1.29, 1.82) is 0 Å². The van der Waals surface area contributed by atoms with Crippen LogP contribution in [0.15, 0.2) is 29.4 Å². The summed E-state index contributed by atoms with van der Waals surface area (Å²) in [7, 11) is 0. The smallest absolute Gasteiger partial charge is 0.341 e. The van der Waals surface area contributed by atoms with Crippen molar-refractivity contribution in [1.82, 2.24) is 14.8 Å². The van der Waals surface area contributed by atoms with Crippen LogP contribution in [0.25, 0.3) is 0 Å². The van der Waals surface area contributed by atoms with Gasteiger partial charge in [-0.05, 0) is 75.1 Å². The maximum Gasteiger partial charge on any atom is 0.341 e. The van der Waals surface area contributed by atoms with Gasteiger partial charge in [0.25, 0.3) is 0 Å². The Hall–Kier alpha value is -2.85. The molecule has 1 aromatic carbocycles. The molecule has 3 aromatic rings. The minimum Gasteiger partial charge on any atom is -0.486 e. The van der Waals surface area contributed by atoms with E-state index in [1.165, 1.54) is 33.5 Å². The number of benzene rings is 1. The maximum absolute atomic E-state index is 13.0. The van der Waals surface area contributed by atoms with Gasteiger partial charge in [0.2, 0.25) is 5.91 Å². The van der Waals surface area contributed by atoms with Crippen molar-refractivity contribution in [3.8, 4) is 5.75 Å². The van der Waals surface area contributed by atoms with Gasteiger partial charge in [0, 0.05) is 11.4 Å². The number of ether oxygens (including phenoxy) is 2. The summed E-state index contributed by atoms with van der Waals surface area (Å²) < 4.78 is 13.4. The maximum atomic E-state index is 13.0. The molecule has 39 heavy (non-hydrogen) atoms. The summed E-state index contributed by atoms with van der Waals surface area (Å²) in [5, 5.41) is 12.8. The van der Waals surface area contributed by atoms with E-state index in [0.717, 1.165) is 37.0 Å². The number of carbonyl (C=O) groups excluding carboxylic acids is 2. The Balaban J connectivity index is 1.38. The topological polar surface area (TPSA) is 95.3 Å². The minimum atomic E-state index is -0.365. The summed E-state index contributed by atoms with van der Waals surface area (Å²) in [5.74, 6) is 1.06. The van der Waals surface area contributed by atoms with Crippen molar-refractivity contribution >= 4 is 40.0 Å². The van der Waals surface area contributed by atoms with Crippen LogP contribution in [-0.4, -0.2) is 38.5 Å². The summed E-state index contributed by atoms with van der Waals surface area (Å²) >= 11 is 2.81. The zero-order chi connectivity index (χ0) is 28.2. The highest BCUT2D eigenvalue weighted by Gasteiger charge is 2.28. The van der Waals surface area contributed by atoms with E-state index in [2.05, 4.69) is 48.4 Å². The number of aromatic nitrogens is 3. The van der Waals surface area contributed by atoms with Crippen molar-refractivity contribution < 1.29 is 19.1 Å². The number of hydrogen-bond acceptors (Lipinski definition) is 8. The van der Waals surface area contributed by atoms with Crippen LogP contribution in [-0.2, 0) is 40.9 Å². The van der Waals surface area contributed by atoms with Crippen LogP contribution < -0.4 is 10.1 Å². The summed E-state index contributed by atoms with van der Waals surface area (Å²) in [6.45, 7) is 13.2. The van der Waals surface area contributed by atoms with Crippen molar-refractivity contribution in [3.05, 3.63) is 51.7 Å². The van der Waals surface area contributed by atoms with Gasteiger partial charge >= 0.3 is 5.97 Å². The summed E-state index contributed by atoms with van der Waals surface area (Å²) in [5.41, 5.74) is 2.88. The Kier molecular flexibility index (Phi) is 9.38. The lowest BCUT2D eigenvalue weighted by Gasteiger charge is -2.19. The van der Waals surface area contributed by atoms with Crippen LogP contribution in [0.3, 0.4) is 0 Å². The van der Waals surface area contributed by atoms with Crippen molar-refractivity contribution in [2.45, 2.75) is 97.1 Å². The van der Waals surface area contributed by atoms with E-state index < -0.39 is 0 Å². The summed E-state index contributed by atoms with van der Waals surface area (Å²) in [4.78, 5) is 27.0. The van der Waals surface area contributed by atoms with Gasteiger partial charge in [0.05, 0.1) is 17.4 Å². The highest BCUT2D eigenvalue weighted by Crippen LogP contribution is 2.39. The highest BCUT2D eigenvalue weighted by atomic mass is 32.2. The van der Waals surface area contributed by atoms with E-state index in [9.17, 15) is 9.59 Å². The van der Waals surface area contributed by atoms with Crippen molar-refractivity contribution in [3.63, 3.8) is 0 Å². The normalized spacial score (nSPS) is 13.3. The fraction of sp³-hybridized carbons (Fsp3) is 0.517. The molecule has 0 unspecified atom stereocenters. The first-order valence-electron chi connectivity index (χ1n) is 13.5. The Morgan fingerprint density at radius 3 is 2.51 bits per heavy atom. The second-order valence-electron chi connectivity index (χ2n) is 10.9. The van der Waals surface area contributed by atoms with E-state index in [1.54, 1.807) is 0 Å². The van der Waals surface area contributed by atoms with Gasteiger partial charge in [-0.3, -0.25) is 4.79 Å². The average Bonchev–Trinajstić information content (AvgIpc) is 3.45. The number of carbonyl (C=O) groups is 2. The Bertz CT molecular complexity index is 1310. The third-order valence-electron chi connectivity index (χ3n) is 6.50. The zero-order valence-electron chi connectivity index (χ0n) is 23.6. The lowest BCUT2D eigenvalue weighted by Crippen LogP contribution is -2.19. The van der Waals surface area contributed by atoms with E-state index in [4.69, 9.17) is 9.47 Å². The second-order valence-corrected chi connectivity index (χ2v) is 13.0. The SMILES string of the molecule is CCn1c(COc2ccc(C(C)(C)C)cc2)nnc1SCC(=O)Nc1sc2c(c1C(=O)OC(C)C)CCCC2. The molecule has 1 N–H and O–H groups in total. The molecule has 0 aliphatic heterocycles. The fourth-order valence-corrected chi connectivity index (χ4v) is 6.60. The number of anilines is 1. The zero-order valence-corrected chi connectivity index (χ0v) is 25.3. The van der Waals surface area contributed by atoms with Crippen LogP contribution in [0.4, 0.5) is 5.00 Å². The molecule has 0 spiro atoms. The van der Waals surface area contributed by atoms with Gasteiger partial charge in [-0.25, -0.2) is 4.79 Å². The van der Waals surface area contributed by atoms with Crippen molar-refractivity contribution in [2.75, 3.05) is 11.1 Å². The molecule has 1 aliphatic carbocycles. The molecule has 0 saturated heterocycles. The number of thiophene rings is 1. The Morgan fingerprint density at radius 1 is 1.13 bits per heavy atom. The Morgan fingerprint density at radius 2 is 1.85 bits per heavy atom. The van der Waals surface area contributed by atoms with Crippen LogP contribution in [0, 0.1) is 0 Å². The lowest BCUT2D eigenvalue weighted by atomic mass is 9.87. The number of fused-ring (bicyclic) bond motifs is 1. The number of hydrogen-bond donors (Lipinski definition) is 1. The molecule has 0 bridgehead atoms. The molecule has 210 valence electrons. The molecule has 2 heterocycles. The average molecular weight is 571 g/mol. The van der Waals surface area contributed by atoms with Gasteiger partial charge < -0.3 is 19.4 Å². The molecule has 2 aromatic heterocycles. The van der Waals surface area contributed by atoms with Crippen molar-refractivity contribution in [2.24, 2.45) is 0 Å². The number of aryl methyl sites for hydroxylation is 1. The predicted octanol–water partition coefficient (Wildman–Crippen LogP) is 6.41. The van der Waals surface area contributed by atoms with Gasteiger partial charge in [-0.1, -0.05) is 44.7 Å². The van der Waals surface area contributed by atoms with E-state index in [1.807, 2.05) is 37.5 Å². The number of esters is 1. The molecule has 0 radical (unpaired) electrons. The standard InChI is InChI=1S/C29H38N4O4S2/c1-7-33-23(16-36-20-14-12-19(13-15-20)29(4,5)6)31-32-28(33)38-17-24(34)30-26-25(27(35)37-18(2)3)21-10-8-9-11-22(21)39-26/h12-15,18H,7-11,16-17H2,1-6H3,(H,30,34). The van der Waals surface area contributed by atoms with Crippen LogP contribution in [0.1, 0.15) is 86.6 Å².